The van der Waals surface area contributed by atoms with Crippen molar-refractivity contribution < 1.29 is 14.0 Å². The van der Waals surface area contributed by atoms with Gasteiger partial charge >= 0.3 is 0 Å². The van der Waals surface area contributed by atoms with E-state index in [9.17, 15) is 14.0 Å². The lowest BCUT2D eigenvalue weighted by Gasteiger charge is -2.43. The monoisotopic (exact) mass is 387 g/mol. The van der Waals surface area contributed by atoms with Gasteiger partial charge in [0.15, 0.2) is 5.82 Å². The standard InChI is InChI=1S/C18H22FN7O2/c1-11(2)21-17(27)16-23-22-15-13-10-25(6-5-24(13)7-8-26(15)16)18(28)12-3-4-20-14(19)9-12/h3-4,9,11,13H,5-8,10H2,1-2H3,(H,21,27). The van der Waals surface area contributed by atoms with Crippen molar-refractivity contribution in [1.82, 2.24) is 34.9 Å². The second kappa shape index (κ2) is 7.27. The Bertz CT molecular complexity index is 913. The predicted molar refractivity (Wildman–Crippen MR) is 97.0 cm³/mol. The third-order valence-electron chi connectivity index (χ3n) is 5.06. The van der Waals surface area contributed by atoms with Crippen LogP contribution in [0.1, 0.15) is 46.7 Å². The van der Waals surface area contributed by atoms with Gasteiger partial charge in [0.2, 0.25) is 11.8 Å². The van der Waals surface area contributed by atoms with Gasteiger partial charge < -0.3 is 14.8 Å². The summed E-state index contributed by atoms with van der Waals surface area (Å²) < 4.78 is 15.2. The summed E-state index contributed by atoms with van der Waals surface area (Å²) >= 11 is 0. The second-order valence-corrected chi connectivity index (χ2v) is 7.33. The van der Waals surface area contributed by atoms with E-state index in [-0.39, 0.29) is 29.5 Å². The SMILES string of the molecule is CC(C)NC(=O)c1nnc2n1CCN1CCN(C(=O)c3ccnc(F)c3)CC21. The van der Waals surface area contributed by atoms with Gasteiger partial charge in [-0.3, -0.25) is 14.5 Å². The van der Waals surface area contributed by atoms with Crippen molar-refractivity contribution in [1.29, 1.82) is 0 Å². The summed E-state index contributed by atoms with van der Waals surface area (Å²) in [5, 5.41) is 11.2. The average molecular weight is 387 g/mol. The number of amides is 2. The highest BCUT2D eigenvalue weighted by Crippen LogP contribution is 2.29. The average Bonchev–Trinajstić information content (AvgIpc) is 3.11. The van der Waals surface area contributed by atoms with E-state index in [1.807, 2.05) is 18.4 Å². The van der Waals surface area contributed by atoms with E-state index in [0.717, 1.165) is 12.6 Å². The molecule has 1 saturated heterocycles. The molecule has 0 aromatic carbocycles. The summed E-state index contributed by atoms with van der Waals surface area (Å²) in [6, 6.07) is 2.51. The van der Waals surface area contributed by atoms with Gasteiger partial charge in [-0.25, -0.2) is 4.98 Å². The van der Waals surface area contributed by atoms with Crippen molar-refractivity contribution in [3.05, 3.63) is 41.5 Å². The molecule has 2 aromatic rings. The first-order valence-corrected chi connectivity index (χ1v) is 9.33. The number of carbonyl (C=O) groups is 2. The number of nitrogens with one attached hydrogen (secondary N) is 1. The number of rotatable bonds is 3. The molecule has 0 saturated carbocycles. The molecular weight excluding hydrogens is 365 g/mol. The van der Waals surface area contributed by atoms with Gasteiger partial charge in [-0.2, -0.15) is 4.39 Å². The number of fused-ring (bicyclic) bond motifs is 3. The van der Waals surface area contributed by atoms with Crippen LogP contribution in [0.5, 0.6) is 0 Å². The van der Waals surface area contributed by atoms with E-state index in [4.69, 9.17) is 0 Å². The van der Waals surface area contributed by atoms with Crippen molar-refractivity contribution in [3.63, 3.8) is 0 Å². The zero-order valence-corrected chi connectivity index (χ0v) is 15.8. The number of piperazine rings is 1. The normalized spacial score (nSPS) is 19.3. The van der Waals surface area contributed by atoms with Crippen LogP contribution in [0.3, 0.4) is 0 Å². The van der Waals surface area contributed by atoms with Gasteiger partial charge in [-0.15, -0.1) is 10.2 Å². The molecule has 28 heavy (non-hydrogen) atoms. The first-order valence-electron chi connectivity index (χ1n) is 9.33. The van der Waals surface area contributed by atoms with E-state index in [1.165, 1.54) is 12.3 Å². The quantitative estimate of drug-likeness (QED) is 0.769. The highest BCUT2D eigenvalue weighted by molar-refractivity contribution is 5.94. The molecule has 148 valence electrons. The lowest BCUT2D eigenvalue weighted by Crippen LogP contribution is -2.53. The van der Waals surface area contributed by atoms with Crippen LogP contribution in [-0.4, -0.2) is 73.6 Å². The molecule has 1 unspecified atom stereocenters. The van der Waals surface area contributed by atoms with E-state index >= 15 is 0 Å². The molecule has 0 spiro atoms. The Hall–Kier alpha value is -2.88. The Morgan fingerprint density at radius 2 is 2.00 bits per heavy atom. The summed E-state index contributed by atoms with van der Waals surface area (Å²) in [7, 11) is 0. The number of hydrogen-bond acceptors (Lipinski definition) is 6. The van der Waals surface area contributed by atoms with E-state index in [1.54, 1.807) is 4.90 Å². The van der Waals surface area contributed by atoms with E-state index in [2.05, 4.69) is 25.4 Å². The molecule has 0 bridgehead atoms. The summed E-state index contributed by atoms with van der Waals surface area (Å²) in [5.74, 6) is -0.196. The second-order valence-electron chi connectivity index (χ2n) is 7.33. The number of halogens is 1. The summed E-state index contributed by atoms with van der Waals surface area (Å²) in [5.41, 5.74) is 0.273. The van der Waals surface area contributed by atoms with Crippen molar-refractivity contribution in [2.75, 3.05) is 26.2 Å². The molecule has 9 nitrogen and oxygen atoms in total. The molecule has 4 rings (SSSR count). The maximum atomic E-state index is 13.4. The minimum absolute atomic E-state index is 0.00379. The fraction of sp³-hybridized carbons (Fsp3) is 0.500. The third-order valence-corrected chi connectivity index (χ3v) is 5.06. The molecule has 2 amide bonds. The predicted octanol–water partition coefficient (Wildman–Crippen LogP) is 0.463. The van der Waals surface area contributed by atoms with Gasteiger partial charge in [0.25, 0.3) is 11.8 Å². The number of hydrogen-bond donors (Lipinski definition) is 1. The van der Waals surface area contributed by atoms with Gasteiger partial charge in [-0.05, 0) is 19.9 Å². The summed E-state index contributed by atoms with van der Waals surface area (Å²) in [6.45, 7) is 6.80. The topological polar surface area (TPSA) is 96.3 Å². The molecular formula is C18H22FN7O2. The minimum atomic E-state index is -0.678. The van der Waals surface area contributed by atoms with Crippen molar-refractivity contribution in [2.45, 2.75) is 32.5 Å². The fourth-order valence-corrected chi connectivity index (χ4v) is 3.74. The van der Waals surface area contributed by atoms with Crippen LogP contribution < -0.4 is 5.32 Å². The first-order chi connectivity index (χ1) is 13.4. The van der Waals surface area contributed by atoms with Crippen LogP contribution in [-0.2, 0) is 6.54 Å². The van der Waals surface area contributed by atoms with Crippen LogP contribution >= 0.6 is 0 Å². The van der Waals surface area contributed by atoms with E-state index < -0.39 is 5.95 Å². The van der Waals surface area contributed by atoms with Crippen molar-refractivity contribution in [2.24, 2.45) is 0 Å². The molecule has 4 heterocycles. The highest BCUT2D eigenvalue weighted by Gasteiger charge is 2.38. The maximum absolute atomic E-state index is 13.4. The maximum Gasteiger partial charge on any atom is 0.289 e. The van der Waals surface area contributed by atoms with Crippen molar-refractivity contribution >= 4 is 11.8 Å². The zero-order valence-electron chi connectivity index (χ0n) is 15.8. The van der Waals surface area contributed by atoms with Crippen LogP contribution in [0.25, 0.3) is 0 Å². The van der Waals surface area contributed by atoms with Crippen LogP contribution in [0, 0.1) is 5.95 Å². The van der Waals surface area contributed by atoms with Gasteiger partial charge in [0.05, 0.1) is 6.04 Å². The number of carbonyl (C=O) groups excluding carboxylic acids is 2. The Balaban J connectivity index is 1.56. The number of aromatic nitrogens is 4. The largest absolute Gasteiger partial charge is 0.347 e. The third kappa shape index (κ3) is 3.35. The molecule has 1 fully saturated rings. The summed E-state index contributed by atoms with van der Waals surface area (Å²) in [4.78, 5) is 32.6. The molecule has 10 heteroatoms. The van der Waals surface area contributed by atoms with Gasteiger partial charge in [0, 0.05) is 56.6 Å². The highest BCUT2D eigenvalue weighted by atomic mass is 19.1. The smallest absolute Gasteiger partial charge is 0.289 e. The molecule has 2 aliphatic rings. The Morgan fingerprint density at radius 3 is 2.75 bits per heavy atom. The Morgan fingerprint density at radius 1 is 1.21 bits per heavy atom. The Labute approximate surface area is 161 Å². The van der Waals surface area contributed by atoms with Gasteiger partial charge in [-0.1, -0.05) is 0 Å². The van der Waals surface area contributed by atoms with Crippen LogP contribution in [0.4, 0.5) is 4.39 Å². The van der Waals surface area contributed by atoms with Crippen LogP contribution in [0.2, 0.25) is 0 Å². The van der Waals surface area contributed by atoms with Crippen molar-refractivity contribution in [3.8, 4) is 0 Å². The molecule has 0 aliphatic carbocycles. The molecule has 0 radical (unpaired) electrons. The molecule has 1 N–H and O–H groups in total. The molecule has 2 aliphatic heterocycles. The lowest BCUT2D eigenvalue weighted by molar-refractivity contribution is 0.0372. The van der Waals surface area contributed by atoms with E-state index in [0.29, 0.717) is 37.8 Å². The Kier molecular flexibility index (Phi) is 4.80. The lowest BCUT2D eigenvalue weighted by atomic mass is 10.1. The first kappa shape index (κ1) is 18.5. The minimum Gasteiger partial charge on any atom is -0.347 e. The number of pyridine rings is 1. The molecule has 1 atom stereocenters. The fourth-order valence-electron chi connectivity index (χ4n) is 3.74. The zero-order chi connectivity index (χ0) is 19.8. The van der Waals surface area contributed by atoms with Crippen LogP contribution in [0.15, 0.2) is 18.3 Å². The summed E-state index contributed by atoms with van der Waals surface area (Å²) in [6.07, 6.45) is 1.29. The number of nitrogens with zero attached hydrogens (tertiary/aromatic N) is 6. The molecule has 2 aromatic heterocycles. The van der Waals surface area contributed by atoms with Gasteiger partial charge in [0.1, 0.15) is 0 Å².